The van der Waals surface area contributed by atoms with E-state index in [4.69, 9.17) is 14.2 Å². The molecule has 0 saturated carbocycles. The summed E-state index contributed by atoms with van der Waals surface area (Å²) in [6.07, 6.45) is 5.68. The lowest BCUT2D eigenvalue weighted by Gasteiger charge is -2.19. The highest BCUT2D eigenvalue weighted by Gasteiger charge is 2.25. The van der Waals surface area contributed by atoms with Gasteiger partial charge in [-0.2, -0.15) is 0 Å². The highest BCUT2D eigenvalue weighted by atomic mass is 16.5. The number of aryl methyl sites for hydroxylation is 1. The van der Waals surface area contributed by atoms with Crippen LogP contribution >= 0.6 is 0 Å². The van der Waals surface area contributed by atoms with E-state index in [1.54, 1.807) is 23.1 Å². The molecule has 1 fully saturated rings. The van der Waals surface area contributed by atoms with Gasteiger partial charge in [0.05, 0.1) is 21.3 Å². The quantitative estimate of drug-likeness (QED) is 0.495. The van der Waals surface area contributed by atoms with Crippen molar-refractivity contribution >= 4 is 28.8 Å². The van der Waals surface area contributed by atoms with E-state index in [9.17, 15) is 9.59 Å². The fourth-order valence-electron chi connectivity index (χ4n) is 4.46. The van der Waals surface area contributed by atoms with Gasteiger partial charge >= 0.3 is 0 Å². The fourth-order valence-corrected chi connectivity index (χ4v) is 4.46. The Morgan fingerprint density at radius 3 is 2.26 bits per heavy atom. The molecular weight excluding hydrogens is 446 g/mol. The van der Waals surface area contributed by atoms with E-state index in [0.29, 0.717) is 30.3 Å². The highest BCUT2D eigenvalue weighted by molar-refractivity contribution is 6.07. The molecule has 0 spiro atoms. The molecule has 0 unspecified atom stereocenters. The third kappa shape index (κ3) is 4.82. The van der Waals surface area contributed by atoms with Crippen molar-refractivity contribution in [2.45, 2.75) is 26.3 Å². The van der Waals surface area contributed by atoms with Crippen molar-refractivity contribution in [2.24, 2.45) is 0 Å². The largest absolute Gasteiger partial charge is 0.493 e. The van der Waals surface area contributed by atoms with Crippen molar-refractivity contribution in [3.05, 3.63) is 59.4 Å². The van der Waals surface area contributed by atoms with Gasteiger partial charge in [-0.3, -0.25) is 9.59 Å². The van der Waals surface area contributed by atoms with E-state index in [0.717, 1.165) is 35.9 Å². The van der Waals surface area contributed by atoms with Gasteiger partial charge in [0.15, 0.2) is 11.5 Å². The lowest BCUT2D eigenvalue weighted by molar-refractivity contribution is -0.126. The summed E-state index contributed by atoms with van der Waals surface area (Å²) in [6, 6.07) is 11.2. The van der Waals surface area contributed by atoms with Crippen molar-refractivity contribution in [2.75, 3.05) is 34.4 Å². The minimum absolute atomic E-state index is 0.198. The van der Waals surface area contributed by atoms with Crippen LogP contribution in [0.25, 0.3) is 17.0 Å². The standard InChI is InChI=1S/C27H31N3O5/c1-5-29-17-19(20-10-6-7-11-22(20)29)14-21(27(32)30-12-8-9-13-30)28-26(31)18-15-23(33-2)25(35-4)24(16-18)34-3/h6-7,10-11,14-17H,5,8-9,12-13H2,1-4H3,(H,28,31). The van der Waals surface area contributed by atoms with E-state index >= 15 is 0 Å². The molecule has 0 aliphatic carbocycles. The molecule has 2 amide bonds. The predicted octanol–water partition coefficient (Wildman–Crippen LogP) is 4.08. The van der Waals surface area contributed by atoms with Gasteiger partial charge in [-0.25, -0.2) is 0 Å². The van der Waals surface area contributed by atoms with E-state index in [-0.39, 0.29) is 17.2 Å². The van der Waals surface area contributed by atoms with Crippen LogP contribution in [-0.4, -0.2) is 55.7 Å². The van der Waals surface area contributed by atoms with Crippen LogP contribution in [0.4, 0.5) is 0 Å². The Bertz CT molecular complexity index is 1250. The van der Waals surface area contributed by atoms with Crippen LogP contribution in [0.5, 0.6) is 17.2 Å². The van der Waals surface area contributed by atoms with Gasteiger partial charge in [0, 0.05) is 47.9 Å². The van der Waals surface area contributed by atoms with Gasteiger partial charge in [0.2, 0.25) is 5.75 Å². The Balaban J connectivity index is 1.75. The van der Waals surface area contributed by atoms with E-state index < -0.39 is 5.91 Å². The number of benzene rings is 2. The summed E-state index contributed by atoms with van der Waals surface area (Å²) in [4.78, 5) is 28.6. The number of likely N-dealkylation sites (tertiary alicyclic amines) is 1. The second-order valence-corrected chi connectivity index (χ2v) is 8.31. The van der Waals surface area contributed by atoms with Crippen LogP contribution in [0.15, 0.2) is 48.3 Å². The van der Waals surface area contributed by atoms with Gasteiger partial charge in [0.1, 0.15) is 5.70 Å². The number of carbonyl (C=O) groups excluding carboxylic acids is 2. The number of ether oxygens (including phenoxy) is 3. The number of rotatable bonds is 8. The Hall–Kier alpha value is -3.94. The molecule has 3 aromatic rings. The number of carbonyl (C=O) groups is 2. The zero-order chi connectivity index (χ0) is 24.9. The Kier molecular flexibility index (Phi) is 7.29. The molecule has 35 heavy (non-hydrogen) atoms. The molecule has 1 saturated heterocycles. The monoisotopic (exact) mass is 477 g/mol. The lowest BCUT2D eigenvalue weighted by Crippen LogP contribution is -2.36. The molecule has 0 radical (unpaired) electrons. The summed E-state index contributed by atoms with van der Waals surface area (Å²) >= 11 is 0. The number of hydrogen-bond donors (Lipinski definition) is 1. The second-order valence-electron chi connectivity index (χ2n) is 8.31. The van der Waals surface area contributed by atoms with Crippen LogP contribution in [0, 0.1) is 0 Å². The normalized spacial score (nSPS) is 13.7. The Labute approximate surface area is 205 Å². The van der Waals surface area contributed by atoms with E-state index in [2.05, 4.69) is 16.8 Å². The summed E-state index contributed by atoms with van der Waals surface area (Å²) in [5.41, 5.74) is 2.46. The third-order valence-electron chi connectivity index (χ3n) is 6.26. The summed E-state index contributed by atoms with van der Waals surface area (Å²) < 4.78 is 18.3. The van der Waals surface area contributed by atoms with Gasteiger partial charge in [-0.15, -0.1) is 0 Å². The van der Waals surface area contributed by atoms with Gasteiger partial charge in [-0.05, 0) is 44.0 Å². The number of hydrogen-bond acceptors (Lipinski definition) is 5. The number of para-hydroxylation sites is 1. The topological polar surface area (TPSA) is 82.0 Å². The summed E-state index contributed by atoms with van der Waals surface area (Å²) in [7, 11) is 4.48. The second kappa shape index (κ2) is 10.5. The molecule has 0 atom stereocenters. The first-order valence-electron chi connectivity index (χ1n) is 11.7. The molecule has 2 aromatic carbocycles. The van der Waals surface area contributed by atoms with E-state index in [1.807, 2.05) is 30.5 Å². The fraction of sp³-hybridized carbons (Fsp3) is 0.333. The number of fused-ring (bicyclic) bond motifs is 1. The van der Waals surface area contributed by atoms with Crippen molar-refractivity contribution in [3.63, 3.8) is 0 Å². The first kappa shape index (κ1) is 24.2. The van der Waals surface area contributed by atoms with Gasteiger partial charge < -0.3 is 29.0 Å². The highest BCUT2D eigenvalue weighted by Crippen LogP contribution is 2.38. The summed E-state index contributed by atoms with van der Waals surface area (Å²) in [5, 5.41) is 3.88. The first-order valence-corrected chi connectivity index (χ1v) is 11.7. The molecule has 1 aliphatic rings. The zero-order valence-electron chi connectivity index (χ0n) is 20.6. The van der Waals surface area contributed by atoms with Crippen LogP contribution < -0.4 is 19.5 Å². The number of amides is 2. The number of nitrogens with one attached hydrogen (secondary N) is 1. The molecule has 4 rings (SSSR count). The van der Waals surface area contributed by atoms with Crippen LogP contribution in [0.2, 0.25) is 0 Å². The summed E-state index contributed by atoms with van der Waals surface area (Å²) in [5.74, 6) is 0.473. The minimum atomic E-state index is -0.442. The predicted molar refractivity (Wildman–Crippen MR) is 135 cm³/mol. The molecule has 184 valence electrons. The molecule has 0 bridgehead atoms. The maximum absolute atomic E-state index is 13.4. The van der Waals surface area contributed by atoms with Gasteiger partial charge in [0.25, 0.3) is 11.8 Å². The van der Waals surface area contributed by atoms with Crippen LogP contribution in [0.1, 0.15) is 35.7 Å². The van der Waals surface area contributed by atoms with Crippen LogP contribution in [-0.2, 0) is 11.3 Å². The maximum Gasteiger partial charge on any atom is 0.270 e. The molecule has 8 heteroatoms. The smallest absolute Gasteiger partial charge is 0.270 e. The van der Waals surface area contributed by atoms with Crippen molar-refractivity contribution in [1.29, 1.82) is 0 Å². The van der Waals surface area contributed by atoms with Crippen molar-refractivity contribution < 1.29 is 23.8 Å². The average molecular weight is 478 g/mol. The zero-order valence-corrected chi connectivity index (χ0v) is 20.6. The lowest BCUT2D eigenvalue weighted by atomic mass is 10.1. The molecule has 8 nitrogen and oxygen atoms in total. The Morgan fingerprint density at radius 1 is 1.00 bits per heavy atom. The first-order chi connectivity index (χ1) is 17.0. The SMILES string of the molecule is CCn1cc(C=C(NC(=O)c2cc(OC)c(OC)c(OC)c2)C(=O)N2CCCC2)c2ccccc21. The maximum atomic E-state index is 13.4. The average Bonchev–Trinajstić information content (AvgIpc) is 3.55. The van der Waals surface area contributed by atoms with Crippen LogP contribution in [0.3, 0.4) is 0 Å². The number of methoxy groups -OCH3 is 3. The number of nitrogens with zero attached hydrogens (tertiary/aromatic N) is 2. The number of aromatic nitrogens is 1. The molecule has 1 aromatic heterocycles. The molecular formula is C27H31N3O5. The van der Waals surface area contributed by atoms with Crippen molar-refractivity contribution in [3.8, 4) is 17.2 Å². The summed E-state index contributed by atoms with van der Waals surface area (Å²) in [6.45, 7) is 4.21. The van der Waals surface area contributed by atoms with Gasteiger partial charge in [-0.1, -0.05) is 18.2 Å². The van der Waals surface area contributed by atoms with E-state index in [1.165, 1.54) is 21.3 Å². The molecule has 2 heterocycles. The third-order valence-corrected chi connectivity index (χ3v) is 6.26. The van der Waals surface area contributed by atoms with Crippen molar-refractivity contribution in [1.82, 2.24) is 14.8 Å². The molecule has 1 N–H and O–H groups in total. The minimum Gasteiger partial charge on any atom is -0.493 e. The Morgan fingerprint density at radius 2 is 1.66 bits per heavy atom. The molecule has 1 aliphatic heterocycles.